The molecule has 1 fully saturated rings. The molecule has 9 heteroatoms. The first-order valence-corrected chi connectivity index (χ1v) is 29.6. The van der Waals surface area contributed by atoms with Gasteiger partial charge in [-0.1, -0.05) is 178 Å². The fourth-order valence-corrected chi connectivity index (χ4v) is 23.3. The average molecular weight is 907 g/mol. The van der Waals surface area contributed by atoms with Gasteiger partial charge in [0.1, 0.15) is 0 Å². The van der Waals surface area contributed by atoms with E-state index in [4.69, 9.17) is 13.4 Å². The number of para-hydroxylation sites is 3. The van der Waals surface area contributed by atoms with Crippen molar-refractivity contribution in [2.45, 2.75) is 170 Å². The van der Waals surface area contributed by atoms with E-state index in [1.165, 1.54) is 61.7 Å². The van der Waals surface area contributed by atoms with E-state index in [0.717, 1.165) is 11.6 Å². The number of rotatable bonds is 12. The van der Waals surface area contributed by atoms with Crippen LogP contribution in [-0.2, 0) is 4.12 Å². The minimum Gasteiger partial charge on any atom is -0.422 e. The minimum atomic E-state index is -3.74. The van der Waals surface area contributed by atoms with Crippen LogP contribution in [0.2, 0.25) is 23.7 Å². The number of anilines is 1. The van der Waals surface area contributed by atoms with Crippen molar-refractivity contribution in [3.63, 3.8) is 0 Å². The van der Waals surface area contributed by atoms with Gasteiger partial charge in [-0.2, -0.15) is 0 Å². The summed E-state index contributed by atoms with van der Waals surface area (Å²) in [6.45, 7) is 42.3. The third kappa shape index (κ3) is 7.20. The zero-order valence-electron chi connectivity index (χ0n) is 42.9. The maximum absolute atomic E-state index is 8.19. The van der Waals surface area contributed by atoms with E-state index in [1.807, 2.05) is 0 Å². The summed E-state index contributed by atoms with van der Waals surface area (Å²) in [4.78, 5) is 4.90. The molecule has 4 aromatic rings. The Kier molecular flexibility index (Phi) is 12.3. The minimum absolute atomic E-state index is 0.171. The first-order chi connectivity index (χ1) is 30.6. The number of hydrogen-bond donors (Lipinski definition) is 0. The standard InChI is InChI=1S/C56H78N6OSi2/c1-34(2)42-22-19-23-43(35(3)4)50(42)59-30-31-60(51-44(36(5)6)24-20-25-45(51)37(7)8)54(59)57-65-56(41(15)16)49(64(17,18)63-65)29-28-48(40(13)14)53(56)62-33-32-61(55(62)58-65)52-46(38(9)10)26-21-27-47(52)39(11)12/h19-41,49H,1-18H3/t49-,56-,65+/m0/s1. The summed E-state index contributed by atoms with van der Waals surface area (Å²) in [6, 6.07) is 20.7. The number of benzene rings is 3. The van der Waals surface area contributed by atoms with E-state index in [2.05, 4.69) is 234 Å². The smallest absolute Gasteiger partial charge is 0.422 e. The van der Waals surface area contributed by atoms with Gasteiger partial charge < -0.3 is 4.12 Å². The molecule has 0 radical (unpaired) electrons. The second-order valence-electron chi connectivity index (χ2n) is 22.3. The highest BCUT2D eigenvalue weighted by molar-refractivity contribution is 6.94. The molecule has 0 N–H and O–H groups in total. The molecule has 0 saturated carbocycles. The van der Waals surface area contributed by atoms with Gasteiger partial charge in [0.15, 0.2) is 8.32 Å². The fourth-order valence-electron chi connectivity index (χ4n) is 11.9. The van der Waals surface area contributed by atoms with Crippen LogP contribution in [0.25, 0.3) is 11.4 Å². The van der Waals surface area contributed by atoms with Crippen molar-refractivity contribution in [3.05, 3.63) is 142 Å². The van der Waals surface area contributed by atoms with Gasteiger partial charge in [0.05, 0.1) is 22.1 Å². The average Bonchev–Trinajstić information content (AvgIpc) is 3.90. The van der Waals surface area contributed by atoms with Gasteiger partial charge >= 0.3 is 8.64 Å². The number of fused-ring (bicyclic) bond motifs is 2. The highest BCUT2D eigenvalue weighted by atomic mass is 28.4. The number of allylic oxidation sites excluding steroid dienone is 4. The van der Waals surface area contributed by atoms with Gasteiger partial charge in [-0.05, 0) is 99.4 Å². The van der Waals surface area contributed by atoms with Crippen LogP contribution in [0.5, 0.6) is 0 Å². The van der Waals surface area contributed by atoms with E-state index in [9.17, 15) is 0 Å². The first-order valence-electron chi connectivity index (χ1n) is 24.9. The van der Waals surface area contributed by atoms with Gasteiger partial charge in [0.25, 0.3) is 0 Å². The summed E-state index contributed by atoms with van der Waals surface area (Å²) < 4.78 is 25.9. The predicted molar refractivity (Wildman–Crippen MR) is 279 cm³/mol. The fraction of sp³-hybridized carbons (Fsp3) is 0.500. The van der Waals surface area contributed by atoms with E-state index < -0.39 is 22.0 Å². The Morgan fingerprint density at radius 3 is 1.34 bits per heavy atom. The SMILES string of the molecule is CC(C)C1=C2N3C=CN(c4c(C(C)C)cccc4C(C)C)C3=N[Si@@]3(N=c4n(-c5c(C(C)C)cccc5C(C)C)ccn4-c4c(C(C)C)cccc4C(C)C)O[Si](C)(C)[C@@H](C=C1)[C@@]23C(C)C. The summed E-state index contributed by atoms with van der Waals surface area (Å²) >= 11 is 0. The molecule has 1 aromatic heterocycles. The highest BCUT2D eigenvalue weighted by Crippen LogP contribution is 2.73. The number of aromatic nitrogens is 2. The van der Waals surface area contributed by atoms with Crippen LogP contribution in [0.4, 0.5) is 5.69 Å². The molecule has 4 heterocycles. The molecule has 1 saturated heterocycles. The van der Waals surface area contributed by atoms with Crippen molar-refractivity contribution >= 4 is 28.6 Å². The highest BCUT2D eigenvalue weighted by Gasteiger charge is 2.79. The third-order valence-electron chi connectivity index (χ3n) is 14.9. The number of nitrogens with zero attached hydrogens (tertiary/aromatic N) is 6. The molecule has 0 spiro atoms. The second-order valence-corrected chi connectivity index (χ2v) is 29.5. The van der Waals surface area contributed by atoms with Gasteiger partial charge in [0.2, 0.25) is 11.6 Å². The first kappa shape index (κ1) is 47.1. The maximum atomic E-state index is 8.19. The molecule has 0 amide bonds. The Hall–Kier alpha value is -4.45. The largest absolute Gasteiger partial charge is 0.464 e. The number of hydrogen-bond acceptors (Lipinski definition) is 5. The lowest BCUT2D eigenvalue weighted by molar-refractivity contribution is 0.362. The quantitative estimate of drug-likeness (QED) is 0.133. The van der Waals surface area contributed by atoms with Crippen molar-refractivity contribution in [3.8, 4) is 11.4 Å². The summed E-state index contributed by atoms with van der Waals surface area (Å²) in [5, 5.41) is -0.483. The molecule has 8 rings (SSSR count). The summed E-state index contributed by atoms with van der Waals surface area (Å²) in [5.41, 5.74) is 15.4. The zero-order valence-corrected chi connectivity index (χ0v) is 44.9. The van der Waals surface area contributed by atoms with E-state index >= 15 is 0 Å². The van der Waals surface area contributed by atoms with Gasteiger partial charge in [-0.15, -0.1) is 0 Å². The molecule has 3 aliphatic heterocycles. The zero-order chi connectivity index (χ0) is 47.2. The van der Waals surface area contributed by atoms with Gasteiger partial charge in [-0.3, -0.25) is 18.9 Å². The molecule has 1 aliphatic carbocycles. The lowest BCUT2D eigenvalue weighted by atomic mass is 9.78. The Labute approximate surface area is 394 Å². The summed E-state index contributed by atoms with van der Waals surface area (Å²) in [7, 11) is -6.30. The maximum Gasteiger partial charge on any atom is 0.464 e. The van der Waals surface area contributed by atoms with Crippen LogP contribution >= 0.6 is 0 Å². The van der Waals surface area contributed by atoms with Crippen LogP contribution < -0.4 is 10.5 Å². The normalized spacial score (nSPS) is 22.4. The van der Waals surface area contributed by atoms with Gasteiger partial charge in [-0.25, -0.2) is 9.32 Å². The monoisotopic (exact) mass is 907 g/mol. The van der Waals surface area contributed by atoms with Crippen molar-refractivity contribution in [2.75, 3.05) is 4.90 Å². The molecule has 65 heavy (non-hydrogen) atoms. The molecule has 346 valence electrons. The molecule has 7 nitrogen and oxygen atoms in total. The lowest BCUT2D eigenvalue weighted by Gasteiger charge is -2.53. The predicted octanol–water partition coefficient (Wildman–Crippen LogP) is 15.0. The molecular weight excluding hydrogens is 829 g/mol. The van der Waals surface area contributed by atoms with Crippen LogP contribution in [0.15, 0.2) is 112 Å². The van der Waals surface area contributed by atoms with E-state index in [1.54, 1.807) is 0 Å². The number of imidazole rings is 1. The van der Waals surface area contributed by atoms with Crippen molar-refractivity contribution < 1.29 is 4.12 Å². The second kappa shape index (κ2) is 17.0. The van der Waals surface area contributed by atoms with E-state index in [0.29, 0.717) is 35.5 Å². The van der Waals surface area contributed by atoms with Gasteiger partial charge in [0, 0.05) is 36.0 Å². The third-order valence-corrected chi connectivity index (χ3v) is 23.8. The number of guanidine groups is 1. The van der Waals surface area contributed by atoms with Crippen LogP contribution in [0.1, 0.15) is 180 Å². The van der Waals surface area contributed by atoms with Crippen molar-refractivity contribution in [1.82, 2.24) is 14.0 Å². The topological polar surface area (TPSA) is 50.3 Å². The molecule has 3 atom stereocenters. The Morgan fingerprint density at radius 2 is 0.954 bits per heavy atom. The molecule has 4 aliphatic rings. The molecular formula is C56H78N6OSi2. The summed E-state index contributed by atoms with van der Waals surface area (Å²) in [5.74, 6) is 3.17. The Bertz CT molecular complexity index is 2520. The Morgan fingerprint density at radius 1 is 0.554 bits per heavy atom. The molecule has 0 unspecified atom stereocenters. The van der Waals surface area contributed by atoms with Crippen LogP contribution in [0, 0.1) is 11.8 Å². The summed E-state index contributed by atoms with van der Waals surface area (Å²) in [6.07, 6.45) is 14.2. The molecule has 0 bridgehead atoms. The van der Waals surface area contributed by atoms with Crippen molar-refractivity contribution in [1.29, 1.82) is 0 Å². The van der Waals surface area contributed by atoms with Crippen LogP contribution in [0.3, 0.4) is 0 Å². The van der Waals surface area contributed by atoms with Crippen LogP contribution in [-0.4, -0.2) is 37.0 Å². The lowest BCUT2D eigenvalue weighted by Crippen LogP contribution is -2.59. The Balaban J connectivity index is 1.61. The molecule has 3 aromatic carbocycles. The van der Waals surface area contributed by atoms with Crippen molar-refractivity contribution in [2.24, 2.45) is 21.2 Å². The van der Waals surface area contributed by atoms with E-state index in [-0.39, 0.29) is 17.4 Å².